The lowest BCUT2D eigenvalue weighted by molar-refractivity contribution is 0.262. The highest BCUT2D eigenvalue weighted by atomic mass is 35.5. The molecule has 0 aliphatic heterocycles. The molecule has 2 rings (SSSR count). The summed E-state index contributed by atoms with van der Waals surface area (Å²) in [5.41, 5.74) is 2.10. The Kier molecular flexibility index (Phi) is 4.60. The number of aliphatic hydroxyl groups excluding tert-OH is 1. The summed E-state index contributed by atoms with van der Waals surface area (Å²) in [5, 5.41) is 18.5. The molecule has 0 spiro atoms. The number of aromatic nitrogens is 2. The molecule has 0 saturated heterocycles. The van der Waals surface area contributed by atoms with Crippen LogP contribution in [0.5, 0.6) is 0 Å². The number of amides is 2. The number of aliphatic hydroxyl groups is 1. The van der Waals surface area contributed by atoms with Gasteiger partial charge in [0.15, 0.2) is 0 Å². The van der Waals surface area contributed by atoms with Crippen LogP contribution in [0.2, 0.25) is 5.02 Å². The largest absolute Gasteiger partial charge is 0.394 e. The molecular weight excluding hydrogens is 280 g/mol. The smallest absolute Gasteiger partial charge is 0.323 e. The van der Waals surface area contributed by atoms with Gasteiger partial charge in [0.1, 0.15) is 0 Å². The van der Waals surface area contributed by atoms with Crippen molar-refractivity contribution in [2.45, 2.75) is 13.5 Å². The molecule has 1 heterocycles. The van der Waals surface area contributed by atoms with Gasteiger partial charge in [-0.2, -0.15) is 5.10 Å². The number of aryl methyl sites for hydroxylation is 1. The Balaban J connectivity index is 1.97. The number of anilines is 2. The molecule has 0 bridgehead atoms. The van der Waals surface area contributed by atoms with Gasteiger partial charge >= 0.3 is 6.03 Å². The molecule has 0 aliphatic carbocycles. The van der Waals surface area contributed by atoms with Crippen molar-refractivity contribution in [2.75, 3.05) is 17.2 Å². The van der Waals surface area contributed by atoms with E-state index in [0.29, 0.717) is 22.9 Å². The summed E-state index contributed by atoms with van der Waals surface area (Å²) >= 11 is 6.04. The van der Waals surface area contributed by atoms with Gasteiger partial charge in [-0.3, -0.25) is 4.68 Å². The molecule has 0 saturated carbocycles. The minimum atomic E-state index is -0.403. The maximum Gasteiger partial charge on any atom is 0.323 e. The van der Waals surface area contributed by atoms with E-state index in [9.17, 15) is 4.79 Å². The molecule has 20 heavy (non-hydrogen) atoms. The Bertz CT molecular complexity index is 612. The first kappa shape index (κ1) is 14.4. The average Bonchev–Trinajstić information content (AvgIpc) is 2.81. The molecule has 0 aliphatic rings. The third-order valence-electron chi connectivity index (χ3n) is 2.59. The Hall–Kier alpha value is -2.05. The fourth-order valence-electron chi connectivity index (χ4n) is 1.66. The minimum absolute atomic E-state index is 0.00765. The van der Waals surface area contributed by atoms with E-state index in [-0.39, 0.29) is 6.61 Å². The predicted octanol–water partition coefficient (Wildman–Crippen LogP) is 2.48. The maximum absolute atomic E-state index is 11.8. The van der Waals surface area contributed by atoms with E-state index in [4.69, 9.17) is 16.7 Å². The average molecular weight is 295 g/mol. The number of nitrogens with one attached hydrogen (secondary N) is 2. The number of hydrogen-bond acceptors (Lipinski definition) is 3. The molecule has 1 aromatic carbocycles. The van der Waals surface area contributed by atoms with Crippen molar-refractivity contribution in [1.82, 2.24) is 9.78 Å². The molecule has 106 valence electrons. The second-order valence-corrected chi connectivity index (χ2v) is 4.69. The quantitative estimate of drug-likeness (QED) is 0.810. The summed E-state index contributed by atoms with van der Waals surface area (Å²) < 4.78 is 1.54. The fraction of sp³-hybridized carbons (Fsp3) is 0.231. The van der Waals surface area contributed by atoms with Crippen LogP contribution in [0.25, 0.3) is 0 Å². The van der Waals surface area contributed by atoms with Crippen molar-refractivity contribution in [1.29, 1.82) is 0 Å². The number of halogens is 1. The summed E-state index contributed by atoms with van der Waals surface area (Å²) in [7, 11) is 0. The minimum Gasteiger partial charge on any atom is -0.394 e. The van der Waals surface area contributed by atoms with Crippen LogP contribution in [0.1, 0.15) is 5.56 Å². The van der Waals surface area contributed by atoms with E-state index < -0.39 is 6.03 Å². The zero-order chi connectivity index (χ0) is 14.5. The van der Waals surface area contributed by atoms with Crippen molar-refractivity contribution < 1.29 is 9.90 Å². The first-order chi connectivity index (χ1) is 9.58. The second kappa shape index (κ2) is 6.40. The first-order valence-corrected chi connectivity index (χ1v) is 6.44. The molecule has 2 amide bonds. The highest BCUT2D eigenvalue weighted by molar-refractivity contribution is 6.33. The van der Waals surface area contributed by atoms with Crippen molar-refractivity contribution in [3.8, 4) is 0 Å². The molecule has 0 fully saturated rings. The third kappa shape index (κ3) is 3.72. The van der Waals surface area contributed by atoms with Crippen molar-refractivity contribution in [3.05, 3.63) is 41.2 Å². The van der Waals surface area contributed by atoms with Gasteiger partial charge in [0.25, 0.3) is 0 Å². The molecular formula is C13H15ClN4O2. The van der Waals surface area contributed by atoms with E-state index in [2.05, 4.69) is 15.7 Å². The van der Waals surface area contributed by atoms with E-state index >= 15 is 0 Å². The Morgan fingerprint density at radius 3 is 2.95 bits per heavy atom. The summed E-state index contributed by atoms with van der Waals surface area (Å²) in [5.74, 6) is 0. The Morgan fingerprint density at radius 2 is 2.25 bits per heavy atom. The number of carbonyl (C=O) groups is 1. The number of carbonyl (C=O) groups excluding carboxylic acids is 1. The van der Waals surface area contributed by atoms with E-state index in [0.717, 1.165) is 5.56 Å². The predicted molar refractivity (Wildman–Crippen MR) is 78.1 cm³/mol. The highest BCUT2D eigenvalue weighted by Crippen LogP contribution is 2.22. The molecule has 7 heteroatoms. The van der Waals surface area contributed by atoms with Gasteiger partial charge in [0.05, 0.1) is 35.7 Å². The van der Waals surface area contributed by atoms with Crippen molar-refractivity contribution in [2.24, 2.45) is 0 Å². The fourth-order valence-corrected chi connectivity index (χ4v) is 1.94. The molecule has 2 aromatic rings. The van der Waals surface area contributed by atoms with E-state index in [1.54, 1.807) is 18.3 Å². The van der Waals surface area contributed by atoms with Gasteiger partial charge in [-0.1, -0.05) is 17.7 Å². The summed E-state index contributed by atoms with van der Waals surface area (Å²) in [6.07, 6.45) is 3.14. The van der Waals surface area contributed by atoms with Crippen LogP contribution in [0.3, 0.4) is 0 Å². The number of urea groups is 1. The first-order valence-electron chi connectivity index (χ1n) is 6.06. The van der Waals surface area contributed by atoms with E-state index in [1.807, 2.05) is 13.0 Å². The monoisotopic (exact) mass is 294 g/mol. The molecule has 0 unspecified atom stereocenters. The third-order valence-corrected chi connectivity index (χ3v) is 2.91. The van der Waals surface area contributed by atoms with Gasteiger partial charge in [-0.25, -0.2) is 4.79 Å². The van der Waals surface area contributed by atoms with Crippen LogP contribution in [0.15, 0.2) is 30.6 Å². The van der Waals surface area contributed by atoms with Crippen LogP contribution in [0.4, 0.5) is 16.2 Å². The van der Waals surface area contributed by atoms with Crippen LogP contribution >= 0.6 is 11.6 Å². The van der Waals surface area contributed by atoms with Crippen LogP contribution in [-0.2, 0) is 6.54 Å². The zero-order valence-corrected chi connectivity index (χ0v) is 11.7. The normalized spacial score (nSPS) is 10.3. The van der Waals surface area contributed by atoms with Gasteiger partial charge in [-0.05, 0) is 24.6 Å². The van der Waals surface area contributed by atoms with Gasteiger partial charge < -0.3 is 15.7 Å². The van der Waals surface area contributed by atoms with Gasteiger partial charge in [0, 0.05) is 6.20 Å². The molecule has 0 radical (unpaired) electrons. The standard InChI is InChI=1S/C13H15ClN4O2/c1-9-2-3-12(11(14)6-9)17-13(20)16-10-7-15-18(8-10)4-5-19/h2-3,6-8,19H,4-5H2,1H3,(H2,16,17,20). The summed E-state index contributed by atoms with van der Waals surface area (Å²) in [4.78, 5) is 11.8. The van der Waals surface area contributed by atoms with Crippen LogP contribution < -0.4 is 10.6 Å². The lowest BCUT2D eigenvalue weighted by atomic mass is 10.2. The molecule has 0 atom stereocenters. The second-order valence-electron chi connectivity index (χ2n) is 4.28. The number of nitrogens with zero attached hydrogens (tertiary/aromatic N) is 2. The van der Waals surface area contributed by atoms with Crippen molar-refractivity contribution in [3.63, 3.8) is 0 Å². The lowest BCUT2D eigenvalue weighted by Crippen LogP contribution is -2.19. The van der Waals surface area contributed by atoms with Gasteiger partial charge in [-0.15, -0.1) is 0 Å². The topological polar surface area (TPSA) is 79.2 Å². The van der Waals surface area contributed by atoms with Gasteiger partial charge in [0.2, 0.25) is 0 Å². The number of benzene rings is 1. The SMILES string of the molecule is Cc1ccc(NC(=O)Nc2cnn(CCO)c2)c(Cl)c1. The lowest BCUT2D eigenvalue weighted by Gasteiger charge is -2.08. The summed E-state index contributed by atoms with van der Waals surface area (Å²) in [6.45, 7) is 2.30. The molecule has 6 nitrogen and oxygen atoms in total. The Morgan fingerprint density at radius 1 is 1.45 bits per heavy atom. The number of rotatable bonds is 4. The zero-order valence-electron chi connectivity index (χ0n) is 10.9. The van der Waals surface area contributed by atoms with E-state index in [1.165, 1.54) is 10.9 Å². The van der Waals surface area contributed by atoms with Crippen LogP contribution in [-0.4, -0.2) is 27.5 Å². The Labute approximate surface area is 121 Å². The molecule has 3 N–H and O–H groups in total. The van der Waals surface area contributed by atoms with Crippen molar-refractivity contribution >= 4 is 29.0 Å². The van der Waals surface area contributed by atoms with Crippen LogP contribution in [0, 0.1) is 6.92 Å². The molecule has 1 aromatic heterocycles. The highest BCUT2D eigenvalue weighted by Gasteiger charge is 2.07. The number of hydrogen-bond donors (Lipinski definition) is 3. The summed E-state index contributed by atoms with van der Waals surface area (Å²) in [6, 6.07) is 4.98. The maximum atomic E-state index is 11.8.